The largest absolute Gasteiger partial charge is 0.497 e. The molecule has 1 heterocycles. The molecule has 37 heavy (non-hydrogen) atoms. The van der Waals surface area contributed by atoms with E-state index in [4.69, 9.17) is 14.2 Å². The van der Waals surface area contributed by atoms with Crippen LogP contribution in [0.4, 0.5) is 0 Å². The number of nitrogens with zero attached hydrogens (tertiary/aromatic N) is 2. The van der Waals surface area contributed by atoms with Crippen molar-refractivity contribution in [1.82, 2.24) is 9.97 Å². The lowest BCUT2D eigenvalue weighted by molar-refractivity contribution is 0.0128. The second-order valence-electron chi connectivity index (χ2n) is 9.03. The van der Waals surface area contributed by atoms with E-state index in [2.05, 4.69) is 16.0 Å². The van der Waals surface area contributed by atoms with Crippen LogP contribution in [0.15, 0.2) is 72.9 Å². The molecular weight excluding hydrogens is 468 g/mol. The molecule has 0 aliphatic heterocycles. The van der Waals surface area contributed by atoms with E-state index in [0.717, 1.165) is 27.9 Å². The Kier molecular flexibility index (Phi) is 7.42. The first-order valence-corrected chi connectivity index (χ1v) is 12.2. The van der Waals surface area contributed by atoms with Crippen molar-refractivity contribution >= 4 is 29.2 Å². The van der Waals surface area contributed by atoms with E-state index in [1.165, 1.54) is 26.0 Å². The summed E-state index contributed by atoms with van der Waals surface area (Å²) < 4.78 is 17.4. The van der Waals surface area contributed by atoms with Crippen molar-refractivity contribution in [3.63, 3.8) is 0 Å². The minimum absolute atomic E-state index is 0.0495. The van der Waals surface area contributed by atoms with Gasteiger partial charge in [-0.05, 0) is 72.4 Å². The van der Waals surface area contributed by atoms with Gasteiger partial charge in [0.15, 0.2) is 0 Å². The summed E-state index contributed by atoms with van der Waals surface area (Å²) in [4.78, 5) is 20.9. The molecule has 0 amide bonds. The molecule has 1 aliphatic rings. The maximum Gasteiger partial charge on any atom is 0.339 e. The second-order valence-corrected chi connectivity index (χ2v) is 9.03. The number of hydrogen-bond donors (Lipinski definition) is 1. The molecule has 5 rings (SSSR count). The SMILES string of the molecule is COc1ccc(OC[C@H](OCC2CC2)c2cccc(/C=C/c3cnc4ccccc4n3)c2)c(C(=O)O)c1. The monoisotopic (exact) mass is 496 g/mol. The molecule has 7 nitrogen and oxygen atoms in total. The molecule has 7 heteroatoms. The molecule has 0 saturated heterocycles. The first-order valence-electron chi connectivity index (χ1n) is 12.2. The van der Waals surface area contributed by atoms with E-state index in [1.54, 1.807) is 18.3 Å². The first-order chi connectivity index (χ1) is 18.1. The Morgan fingerprint density at radius 2 is 1.89 bits per heavy atom. The fraction of sp³-hybridized carbons (Fsp3) is 0.233. The van der Waals surface area contributed by atoms with Crippen LogP contribution in [0.5, 0.6) is 11.5 Å². The van der Waals surface area contributed by atoms with Crippen molar-refractivity contribution in [2.45, 2.75) is 18.9 Å². The summed E-state index contributed by atoms with van der Waals surface area (Å²) in [5.41, 5.74) is 4.48. The van der Waals surface area contributed by atoms with Crippen LogP contribution in [0, 0.1) is 5.92 Å². The van der Waals surface area contributed by atoms with E-state index >= 15 is 0 Å². The summed E-state index contributed by atoms with van der Waals surface area (Å²) >= 11 is 0. The average molecular weight is 497 g/mol. The van der Waals surface area contributed by atoms with Crippen LogP contribution in [0.3, 0.4) is 0 Å². The fourth-order valence-electron chi connectivity index (χ4n) is 3.97. The summed E-state index contributed by atoms with van der Waals surface area (Å²) in [6.45, 7) is 0.831. The maximum absolute atomic E-state index is 11.7. The van der Waals surface area contributed by atoms with Gasteiger partial charge in [-0.2, -0.15) is 0 Å². The van der Waals surface area contributed by atoms with Gasteiger partial charge in [-0.1, -0.05) is 36.4 Å². The molecule has 1 aromatic heterocycles. The van der Waals surface area contributed by atoms with Crippen LogP contribution in [0.1, 0.15) is 46.1 Å². The van der Waals surface area contributed by atoms with Crippen molar-refractivity contribution in [3.05, 3.63) is 95.3 Å². The van der Waals surface area contributed by atoms with Crippen LogP contribution in [0.2, 0.25) is 0 Å². The molecule has 0 bridgehead atoms. The van der Waals surface area contributed by atoms with Gasteiger partial charge in [0.1, 0.15) is 29.8 Å². The zero-order chi connectivity index (χ0) is 25.6. The van der Waals surface area contributed by atoms with Gasteiger partial charge in [-0.3, -0.25) is 4.98 Å². The Labute approximate surface area is 215 Å². The predicted octanol–water partition coefficient (Wildman–Crippen LogP) is 6.05. The lowest BCUT2D eigenvalue weighted by Crippen LogP contribution is -2.16. The Morgan fingerprint density at radius 3 is 2.68 bits per heavy atom. The van der Waals surface area contributed by atoms with Crippen LogP contribution in [0.25, 0.3) is 23.2 Å². The summed E-state index contributed by atoms with van der Waals surface area (Å²) in [6, 6.07) is 20.6. The number of ether oxygens (including phenoxy) is 3. The third-order valence-electron chi connectivity index (χ3n) is 6.23. The number of carboxylic acids is 1. The van der Waals surface area contributed by atoms with Crippen molar-refractivity contribution in [2.24, 2.45) is 5.92 Å². The smallest absolute Gasteiger partial charge is 0.339 e. The van der Waals surface area contributed by atoms with E-state index in [1.807, 2.05) is 54.6 Å². The number of fused-ring (bicyclic) bond motifs is 1. The third-order valence-corrected chi connectivity index (χ3v) is 6.23. The zero-order valence-corrected chi connectivity index (χ0v) is 20.5. The molecule has 1 saturated carbocycles. The van der Waals surface area contributed by atoms with Crippen molar-refractivity contribution in [1.29, 1.82) is 0 Å². The lowest BCUT2D eigenvalue weighted by atomic mass is 10.1. The van der Waals surface area contributed by atoms with Crippen molar-refractivity contribution in [3.8, 4) is 11.5 Å². The highest BCUT2D eigenvalue weighted by Crippen LogP contribution is 2.32. The maximum atomic E-state index is 11.7. The number of benzene rings is 3. The number of aromatic carboxylic acids is 1. The molecule has 0 unspecified atom stereocenters. The highest BCUT2D eigenvalue weighted by Gasteiger charge is 2.25. The third kappa shape index (κ3) is 6.32. The highest BCUT2D eigenvalue weighted by molar-refractivity contribution is 5.91. The van der Waals surface area contributed by atoms with Gasteiger partial charge in [0.05, 0.1) is 36.6 Å². The molecule has 1 aliphatic carbocycles. The van der Waals surface area contributed by atoms with E-state index in [0.29, 0.717) is 18.3 Å². The van der Waals surface area contributed by atoms with Gasteiger partial charge in [0, 0.05) is 0 Å². The molecule has 188 valence electrons. The van der Waals surface area contributed by atoms with E-state index in [9.17, 15) is 9.90 Å². The Hall–Kier alpha value is -4.23. The first kappa shape index (κ1) is 24.5. The van der Waals surface area contributed by atoms with Gasteiger partial charge in [-0.25, -0.2) is 9.78 Å². The molecule has 0 radical (unpaired) electrons. The summed E-state index contributed by atoms with van der Waals surface area (Å²) in [5, 5.41) is 9.62. The zero-order valence-electron chi connectivity index (χ0n) is 20.5. The average Bonchev–Trinajstić information content (AvgIpc) is 3.76. The van der Waals surface area contributed by atoms with Crippen LogP contribution >= 0.6 is 0 Å². The summed E-state index contributed by atoms with van der Waals surface area (Å²) in [5.74, 6) is 0.238. The van der Waals surface area contributed by atoms with Crippen molar-refractivity contribution < 1.29 is 24.1 Å². The van der Waals surface area contributed by atoms with E-state index in [-0.39, 0.29) is 24.0 Å². The lowest BCUT2D eigenvalue weighted by Gasteiger charge is -2.20. The minimum atomic E-state index is -1.08. The number of rotatable bonds is 11. The van der Waals surface area contributed by atoms with Gasteiger partial charge in [0.25, 0.3) is 0 Å². The molecule has 3 aromatic carbocycles. The standard InChI is InChI=1S/C30H28N2O5/c1-35-24-13-14-28(25(16-24)30(33)34)37-19-29(36-18-21-9-10-21)22-6-4-5-20(15-22)11-12-23-17-31-26-7-2-3-8-27(26)32-23/h2-8,11-17,21,29H,9-10,18-19H2,1H3,(H,33,34)/b12-11+/t29-/m0/s1. The Bertz CT molecular complexity index is 1430. The Balaban J connectivity index is 1.34. The quantitative estimate of drug-likeness (QED) is 0.270. The molecule has 0 spiro atoms. The molecular formula is C30H28N2O5. The topological polar surface area (TPSA) is 90.8 Å². The number of para-hydroxylation sites is 2. The predicted molar refractivity (Wildman–Crippen MR) is 142 cm³/mol. The van der Waals surface area contributed by atoms with Gasteiger partial charge in [0.2, 0.25) is 0 Å². The van der Waals surface area contributed by atoms with Crippen LogP contribution < -0.4 is 9.47 Å². The molecule has 1 fully saturated rings. The molecule has 1 N–H and O–H groups in total. The van der Waals surface area contributed by atoms with Gasteiger partial charge >= 0.3 is 5.97 Å². The fourth-order valence-corrected chi connectivity index (χ4v) is 3.97. The van der Waals surface area contributed by atoms with E-state index < -0.39 is 5.97 Å². The minimum Gasteiger partial charge on any atom is -0.497 e. The number of carbonyl (C=O) groups is 1. The van der Waals surface area contributed by atoms with Crippen molar-refractivity contribution in [2.75, 3.05) is 20.3 Å². The van der Waals surface area contributed by atoms with Gasteiger partial charge < -0.3 is 19.3 Å². The summed E-state index contributed by atoms with van der Waals surface area (Å²) in [7, 11) is 1.50. The molecule has 4 aromatic rings. The number of carboxylic acid groups (broad SMARTS) is 1. The number of aromatic nitrogens is 2. The van der Waals surface area contributed by atoms with Gasteiger partial charge in [-0.15, -0.1) is 0 Å². The van der Waals surface area contributed by atoms with Crippen LogP contribution in [-0.4, -0.2) is 41.4 Å². The summed E-state index contributed by atoms with van der Waals surface area (Å²) in [6.07, 6.45) is 7.68. The van der Waals surface area contributed by atoms with Crippen LogP contribution in [-0.2, 0) is 4.74 Å². The number of hydrogen-bond acceptors (Lipinski definition) is 6. The number of methoxy groups -OCH3 is 1. The normalized spacial score (nSPS) is 14.1. The highest BCUT2D eigenvalue weighted by atomic mass is 16.5. The molecule has 1 atom stereocenters. The Morgan fingerprint density at radius 1 is 1.05 bits per heavy atom. The second kappa shape index (κ2) is 11.2.